The standard InChI is InChI=1S/C29H18F2N2O3S/c30-19-12-8-17(9-13-19)16-25-22-4-1-2-5-23(22)28(34)27(32-25)26-24-7-3-6-21(29(24)37(35,36)33-26)18-10-14-20(31)15-11-18/h1-15,34H,16H2. The summed E-state index contributed by atoms with van der Waals surface area (Å²) < 4.78 is 57.5. The van der Waals surface area contributed by atoms with Crippen LogP contribution < -0.4 is 0 Å². The van der Waals surface area contributed by atoms with Crippen molar-refractivity contribution >= 4 is 26.5 Å². The van der Waals surface area contributed by atoms with Crippen LogP contribution in [0.4, 0.5) is 8.78 Å². The fourth-order valence-corrected chi connectivity index (χ4v) is 6.08. The van der Waals surface area contributed by atoms with Gasteiger partial charge in [-0.3, -0.25) is 0 Å². The summed E-state index contributed by atoms with van der Waals surface area (Å²) >= 11 is 0. The van der Waals surface area contributed by atoms with Gasteiger partial charge in [-0.05, 0) is 35.4 Å². The Morgan fingerprint density at radius 2 is 1.35 bits per heavy atom. The van der Waals surface area contributed by atoms with Gasteiger partial charge in [0.2, 0.25) is 0 Å². The maximum Gasteiger partial charge on any atom is 0.284 e. The van der Waals surface area contributed by atoms with Gasteiger partial charge in [0.1, 0.15) is 27.9 Å². The van der Waals surface area contributed by atoms with Crippen LogP contribution in [0, 0.1) is 11.6 Å². The first-order valence-corrected chi connectivity index (χ1v) is 12.9. The molecule has 4 aromatic carbocycles. The quantitative estimate of drug-likeness (QED) is 0.320. The molecule has 0 fully saturated rings. The SMILES string of the molecule is O=S1(=O)N=C(c2nc(Cc3ccc(F)cc3)c3ccccc3c2O)c2cccc(-c3ccc(F)cc3)c21. The molecule has 0 saturated heterocycles. The van der Waals surface area contributed by atoms with E-state index in [-0.39, 0.29) is 27.9 Å². The summed E-state index contributed by atoms with van der Waals surface area (Å²) in [6.07, 6.45) is 0.330. The molecule has 37 heavy (non-hydrogen) atoms. The normalized spacial score (nSPS) is 13.9. The molecule has 0 aliphatic carbocycles. The predicted molar refractivity (Wildman–Crippen MR) is 137 cm³/mol. The summed E-state index contributed by atoms with van der Waals surface area (Å²) in [5, 5.41) is 12.4. The maximum absolute atomic E-state index is 13.5. The Balaban J connectivity index is 1.56. The van der Waals surface area contributed by atoms with E-state index < -0.39 is 15.8 Å². The van der Waals surface area contributed by atoms with E-state index in [1.54, 1.807) is 42.5 Å². The first-order chi connectivity index (χ1) is 17.8. The van der Waals surface area contributed by atoms with Crippen molar-refractivity contribution in [1.29, 1.82) is 0 Å². The average molecular weight is 513 g/mol. The lowest BCUT2D eigenvalue weighted by molar-refractivity contribution is 0.477. The minimum atomic E-state index is -4.14. The minimum Gasteiger partial charge on any atom is -0.505 e. The summed E-state index contributed by atoms with van der Waals surface area (Å²) in [6.45, 7) is 0. The smallest absolute Gasteiger partial charge is 0.284 e. The van der Waals surface area contributed by atoms with Crippen LogP contribution >= 0.6 is 0 Å². The first-order valence-electron chi connectivity index (χ1n) is 11.4. The van der Waals surface area contributed by atoms with Crippen molar-refractivity contribution in [1.82, 2.24) is 4.98 Å². The van der Waals surface area contributed by atoms with E-state index in [0.717, 1.165) is 5.56 Å². The lowest BCUT2D eigenvalue weighted by atomic mass is 9.96. The van der Waals surface area contributed by atoms with Crippen LogP contribution in [0.5, 0.6) is 5.75 Å². The van der Waals surface area contributed by atoms with Crippen LogP contribution in [-0.4, -0.2) is 24.2 Å². The van der Waals surface area contributed by atoms with Crippen molar-refractivity contribution in [2.45, 2.75) is 11.3 Å². The van der Waals surface area contributed by atoms with E-state index in [1.165, 1.54) is 36.4 Å². The zero-order chi connectivity index (χ0) is 25.7. The van der Waals surface area contributed by atoms with E-state index in [1.807, 2.05) is 12.1 Å². The lowest BCUT2D eigenvalue weighted by Gasteiger charge is -2.13. The van der Waals surface area contributed by atoms with Crippen molar-refractivity contribution in [3.63, 3.8) is 0 Å². The molecule has 8 heteroatoms. The lowest BCUT2D eigenvalue weighted by Crippen LogP contribution is -2.08. The molecule has 2 heterocycles. The molecule has 5 nitrogen and oxygen atoms in total. The van der Waals surface area contributed by atoms with E-state index in [0.29, 0.717) is 39.6 Å². The topological polar surface area (TPSA) is 79.6 Å². The molecule has 6 rings (SSSR count). The molecule has 0 amide bonds. The van der Waals surface area contributed by atoms with Crippen LogP contribution in [0.2, 0.25) is 0 Å². The Kier molecular flexibility index (Phi) is 5.35. The Morgan fingerprint density at radius 3 is 2.05 bits per heavy atom. The highest BCUT2D eigenvalue weighted by Crippen LogP contribution is 2.40. The van der Waals surface area contributed by atoms with Gasteiger partial charge in [-0.2, -0.15) is 12.8 Å². The van der Waals surface area contributed by atoms with Gasteiger partial charge >= 0.3 is 0 Å². The maximum atomic E-state index is 13.5. The predicted octanol–water partition coefficient (Wildman–Crippen LogP) is 6.02. The zero-order valence-electron chi connectivity index (χ0n) is 19.2. The average Bonchev–Trinajstić information content (AvgIpc) is 3.18. The van der Waals surface area contributed by atoms with Gasteiger partial charge in [0.05, 0.1) is 5.69 Å². The third kappa shape index (κ3) is 3.95. The van der Waals surface area contributed by atoms with Gasteiger partial charge in [-0.15, -0.1) is 0 Å². The van der Waals surface area contributed by atoms with E-state index in [2.05, 4.69) is 4.40 Å². The number of pyridine rings is 1. The molecule has 1 aliphatic heterocycles. The number of fused-ring (bicyclic) bond motifs is 2. The summed E-state index contributed by atoms with van der Waals surface area (Å²) in [4.78, 5) is 4.67. The molecule has 1 aromatic heterocycles. The highest BCUT2D eigenvalue weighted by molar-refractivity contribution is 7.91. The molecule has 1 aliphatic rings. The highest BCUT2D eigenvalue weighted by atomic mass is 32.2. The second-order valence-electron chi connectivity index (χ2n) is 8.71. The number of halogens is 2. The Hall–Kier alpha value is -4.43. The van der Waals surface area contributed by atoms with Crippen molar-refractivity contribution in [3.05, 3.63) is 125 Å². The van der Waals surface area contributed by atoms with Crippen molar-refractivity contribution in [3.8, 4) is 16.9 Å². The zero-order valence-corrected chi connectivity index (χ0v) is 20.0. The second kappa shape index (κ2) is 8.60. The van der Waals surface area contributed by atoms with E-state index in [4.69, 9.17) is 4.98 Å². The van der Waals surface area contributed by atoms with Gasteiger partial charge in [-0.1, -0.05) is 66.7 Å². The molecule has 5 aromatic rings. The fraction of sp³-hybridized carbons (Fsp3) is 0.0345. The van der Waals surface area contributed by atoms with Gasteiger partial charge in [0.15, 0.2) is 5.75 Å². The monoisotopic (exact) mass is 512 g/mol. The Bertz CT molecular complexity index is 1830. The molecule has 0 saturated carbocycles. The molecule has 0 unspecified atom stereocenters. The van der Waals surface area contributed by atoms with E-state index >= 15 is 0 Å². The van der Waals surface area contributed by atoms with Gasteiger partial charge in [-0.25, -0.2) is 13.8 Å². The molecule has 0 spiro atoms. The number of aromatic nitrogens is 1. The minimum absolute atomic E-state index is 0.0222. The van der Waals surface area contributed by atoms with Gasteiger partial charge in [0.25, 0.3) is 10.0 Å². The Labute approximate surface area is 211 Å². The molecule has 182 valence electrons. The summed E-state index contributed by atoms with van der Waals surface area (Å²) in [6, 6.07) is 23.6. The molecule has 1 N–H and O–H groups in total. The number of aromatic hydroxyl groups is 1. The number of hydrogen-bond donors (Lipinski definition) is 1. The number of benzene rings is 4. The van der Waals surface area contributed by atoms with Crippen LogP contribution in [0.1, 0.15) is 22.5 Å². The third-order valence-electron chi connectivity index (χ3n) is 6.37. The van der Waals surface area contributed by atoms with Crippen LogP contribution in [-0.2, 0) is 16.4 Å². The number of hydrogen-bond acceptors (Lipinski definition) is 4. The molecule has 0 bridgehead atoms. The largest absolute Gasteiger partial charge is 0.505 e. The van der Waals surface area contributed by atoms with Crippen molar-refractivity contribution in [2.75, 3.05) is 0 Å². The summed E-state index contributed by atoms with van der Waals surface area (Å²) in [7, 11) is -4.14. The van der Waals surface area contributed by atoms with Crippen molar-refractivity contribution < 1.29 is 22.3 Å². The second-order valence-corrected chi connectivity index (χ2v) is 10.2. The summed E-state index contributed by atoms with van der Waals surface area (Å²) in [5.41, 5.74) is 2.65. The van der Waals surface area contributed by atoms with Gasteiger partial charge in [0, 0.05) is 28.3 Å². The fourth-order valence-electron chi connectivity index (χ4n) is 4.66. The number of sulfonamides is 1. The van der Waals surface area contributed by atoms with Crippen molar-refractivity contribution in [2.24, 2.45) is 4.40 Å². The molecular weight excluding hydrogens is 494 g/mol. The van der Waals surface area contributed by atoms with E-state index in [9.17, 15) is 22.3 Å². The van der Waals surface area contributed by atoms with Gasteiger partial charge < -0.3 is 5.11 Å². The number of rotatable bonds is 4. The number of nitrogens with zero attached hydrogens (tertiary/aromatic N) is 2. The summed E-state index contributed by atoms with van der Waals surface area (Å²) in [5.74, 6) is -0.977. The Morgan fingerprint density at radius 1 is 0.730 bits per heavy atom. The molecule has 0 atom stereocenters. The molecule has 0 radical (unpaired) electrons. The van der Waals surface area contributed by atoms with Crippen LogP contribution in [0.25, 0.3) is 21.9 Å². The highest BCUT2D eigenvalue weighted by Gasteiger charge is 2.35. The molecular formula is C29H18F2N2O3S. The van der Waals surface area contributed by atoms with Crippen LogP contribution in [0.3, 0.4) is 0 Å². The van der Waals surface area contributed by atoms with Crippen LogP contribution in [0.15, 0.2) is 100 Å². The first kappa shape index (κ1) is 23.0. The third-order valence-corrected chi connectivity index (χ3v) is 7.75.